The van der Waals surface area contributed by atoms with E-state index in [-0.39, 0.29) is 6.04 Å². The SMILES string of the molecule is NC1CC(CC(F)(F)F)CC2=C1CCc1c2ccc2cccc(Cl)c12. The number of nitrogens with two attached hydrogens (primary N) is 1. The summed E-state index contributed by atoms with van der Waals surface area (Å²) in [6, 6.07) is 9.57. The van der Waals surface area contributed by atoms with E-state index < -0.39 is 18.5 Å². The maximum Gasteiger partial charge on any atom is 0.389 e. The summed E-state index contributed by atoms with van der Waals surface area (Å²) in [5, 5.41) is 2.80. The molecule has 2 unspecified atom stereocenters. The van der Waals surface area contributed by atoms with E-state index in [1.807, 2.05) is 30.3 Å². The second-order valence-corrected chi connectivity index (χ2v) is 7.57. The van der Waals surface area contributed by atoms with Crippen molar-refractivity contribution in [1.82, 2.24) is 0 Å². The van der Waals surface area contributed by atoms with Crippen molar-refractivity contribution in [2.45, 2.75) is 44.3 Å². The second-order valence-electron chi connectivity index (χ2n) is 7.17. The van der Waals surface area contributed by atoms with Gasteiger partial charge in [0.25, 0.3) is 0 Å². The van der Waals surface area contributed by atoms with Crippen molar-refractivity contribution in [3.05, 3.63) is 52.1 Å². The fourth-order valence-corrected chi connectivity index (χ4v) is 4.83. The van der Waals surface area contributed by atoms with Crippen LogP contribution in [0, 0.1) is 5.92 Å². The van der Waals surface area contributed by atoms with Crippen LogP contribution in [0.25, 0.3) is 16.3 Å². The van der Waals surface area contributed by atoms with Crippen molar-refractivity contribution >= 4 is 27.9 Å². The minimum atomic E-state index is -4.15. The third-order valence-corrected chi connectivity index (χ3v) is 5.82. The normalized spacial score (nSPS) is 23.6. The molecule has 0 amide bonds. The van der Waals surface area contributed by atoms with Gasteiger partial charge in [0.2, 0.25) is 0 Å². The van der Waals surface area contributed by atoms with E-state index in [9.17, 15) is 13.2 Å². The van der Waals surface area contributed by atoms with Crippen LogP contribution in [0.1, 0.15) is 36.8 Å². The summed E-state index contributed by atoms with van der Waals surface area (Å²) in [6.45, 7) is 0. The molecule has 5 heteroatoms. The van der Waals surface area contributed by atoms with Crippen LogP contribution in [0.3, 0.4) is 0 Å². The van der Waals surface area contributed by atoms with Crippen LogP contribution in [0.5, 0.6) is 0 Å². The number of hydrogen-bond acceptors (Lipinski definition) is 1. The minimum Gasteiger partial charge on any atom is -0.324 e. The highest BCUT2D eigenvalue weighted by atomic mass is 35.5. The van der Waals surface area contributed by atoms with E-state index in [1.165, 1.54) is 0 Å². The molecule has 0 fully saturated rings. The van der Waals surface area contributed by atoms with Crippen molar-refractivity contribution in [2.75, 3.05) is 0 Å². The predicted octanol–water partition coefficient (Wildman–Crippen LogP) is 5.88. The molecule has 0 radical (unpaired) electrons. The van der Waals surface area contributed by atoms with E-state index >= 15 is 0 Å². The average Bonchev–Trinajstić information content (AvgIpc) is 2.52. The van der Waals surface area contributed by atoms with Gasteiger partial charge >= 0.3 is 6.18 Å². The van der Waals surface area contributed by atoms with Gasteiger partial charge in [0.15, 0.2) is 0 Å². The highest BCUT2D eigenvalue weighted by Crippen LogP contribution is 2.46. The van der Waals surface area contributed by atoms with Crippen molar-refractivity contribution in [3.63, 3.8) is 0 Å². The molecule has 0 aromatic heterocycles. The molecule has 1 nitrogen and oxygen atoms in total. The molecule has 0 saturated heterocycles. The Morgan fingerprint density at radius 3 is 2.68 bits per heavy atom. The van der Waals surface area contributed by atoms with Gasteiger partial charge in [-0.15, -0.1) is 0 Å². The van der Waals surface area contributed by atoms with Crippen molar-refractivity contribution in [2.24, 2.45) is 11.7 Å². The average molecular weight is 366 g/mol. The highest BCUT2D eigenvalue weighted by Gasteiger charge is 2.37. The van der Waals surface area contributed by atoms with Gasteiger partial charge in [0.05, 0.1) is 0 Å². The number of hydrogen-bond donors (Lipinski definition) is 1. The summed E-state index contributed by atoms with van der Waals surface area (Å²) in [6.07, 6.45) is -2.39. The monoisotopic (exact) mass is 365 g/mol. The number of alkyl halides is 3. The maximum atomic E-state index is 12.9. The molecular formula is C20H19ClF3N. The Balaban J connectivity index is 1.81. The summed E-state index contributed by atoms with van der Waals surface area (Å²) in [5.41, 5.74) is 10.6. The molecule has 0 aliphatic heterocycles. The van der Waals surface area contributed by atoms with Gasteiger partial charge in [-0.25, -0.2) is 0 Å². The van der Waals surface area contributed by atoms with E-state index in [4.69, 9.17) is 17.3 Å². The van der Waals surface area contributed by atoms with Crippen LogP contribution in [0.15, 0.2) is 35.9 Å². The summed E-state index contributed by atoms with van der Waals surface area (Å²) in [7, 11) is 0. The Morgan fingerprint density at radius 1 is 1.12 bits per heavy atom. The van der Waals surface area contributed by atoms with Crippen LogP contribution in [0.2, 0.25) is 5.02 Å². The van der Waals surface area contributed by atoms with Gasteiger partial charge in [-0.05, 0) is 65.3 Å². The fourth-order valence-electron chi connectivity index (χ4n) is 4.54. The smallest absolute Gasteiger partial charge is 0.324 e. The molecule has 132 valence electrons. The van der Waals surface area contributed by atoms with Crippen LogP contribution in [-0.2, 0) is 6.42 Å². The maximum absolute atomic E-state index is 12.9. The molecule has 0 bridgehead atoms. The number of aryl methyl sites for hydroxylation is 1. The van der Waals surface area contributed by atoms with Crippen LogP contribution < -0.4 is 5.73 Å². The fraction of sp³-hybridized carbons (Fsp3) is 0.400. The molecule has 0 spiro atoms. The Morgan fingerprint density at radius 2 is 1.92 bits per heavy atom. The third kappa shape index (κ3) is 3.06. The lowest BCUT2D eigenvalue weighted by molar-refractivity contribution is -0.144. The lowest BCUT2D eigenvalue weighted by Crippen LogP contribution is -2.34. The van der Waals surface area contributed by atoms with E-state index in [2.05, 4.69) is 0 Å². The number of rotatable bonds is 1. The predicted molar refractivity (Wildman–Crippen MR) is 95.6 cm³/mol. The van der Waals surface area contributed by atoms with Gasteiger partial charge < -0.3 is 5.73 Å². The lowest BCUT2D eigenvalue weighted by atomic mass is 9.71. The van der Waals surface area contributed by atoms with Gasteiger partial charge in [0.1, 0.15) is 0 Å². The molecule has 2 N–H and O–H groups in total. The first kappa shape index (κ1) is 16.9. The van der Waals surface area contributed by atoms with Crippen molar-refractivity contribution in [3.8, 4) is 0 Å². The topological polar surface area (TPSA) is 26.0 Å². The van der Waals surface area contributed by atoms with Crippen molar-refractivity contribution in [1.29, 1.82) is 0 Å². The summed E-state index contributed by atoms with van der Waals surface area (Å²) < 4.78 is 38.6. The van der Waals surface area contributed by atoms with Gasteiger partial charge in [-0.2, -0.15) is 13.2 Å². The Labute approximate surface area is 149 Å². The number of halogens is 4. The molecule has 2 aliphatic rings. The molecule has 25 heavy (non-hydrogen) atoms. The molecule has 0 saturated carbocycles. The molecule has 4 rings (SSSR count). The van der Waals surface area contributed by atoms with E-state index in [1.54, 1.807) is 0 Å². The number of benzene rings is 2. The first-order valence-electron chi connectivity index (χ1n) is 8.58. The third-order valence-electron chi connectivity index (χ3n) is 5.51. The largest absolute Gasteiger partial charge is 0.389 e. The van der Waals surface area contributed by atoms with Crippen LogP contribution in [0.4, 0.5) is 13.2 Å². The molecule has 0 heterocycles. The quantitative estimate of drug-likeness (QED) is 0.670. The van der Waals surface area contributed by atoms with Gasteiger partial charge in [0, 0.05) is 22.9 Å². The zero-order valence-corrected chi connectivity index (χ0v) is 14.4. The molecule has 2 aromatic rings. The second kappa shape index (κ2) is 6.03. The number of fused-ring (bicyclic) bond motifs is 4. The Kier molecular flexibility index (Phi) is 4.08. The van der Waals surface area contributed by atoms with Gasteiger partial charge in [-0.1, -0.05) is 35.9 Å². The molecule has 2 aromatic carbocycles. The zero-order chi connectivity index (χ0) is 17.8. The van der Waals surface area contributed by atoms with Crippen LogP contribution in [-0.4, -0.2) is 12.2 Å². The van der Waals surface area contributed by atoms with Gasteiger partial charge in [-0.3, -0.25) is 0 Å². The molecular weight excluding hydrogens is 347 g/mol. The standard InChI is InChI=1S/C20H19ClF3N/c21-17-3-1-2-12-4-5-13-15(19(12)17)7-6-14-16(13)8-11(9-18(14)25)10-20(22,23)24/h1-5,11,18H,6-10,25H2. The first-order chi connectivity index (χ1) is 11.8. The minimum absolute atomic E-state index is 0.272. The zero-order valence-electron chi connectivity index (χ0n) is 13.7. The van der Waals surface area contributed by atoms with E-state index in [0.29, 0.717) is 17.9 Å². The summed E-state index contributed by atoms with van der Waals surface area (Å²) in [4.78, 5) is 0. The van der Waals surface area contributed by atoms with Crippen LogP contribution >= 0.6 is 11.6 Å². The summed E-state index contributed by atoms with van der Waals surface area (Å²) in [5.74, 6) is -0.443. The first-order valence-corrected chi connectivity index (χ1v) is 8.96. The number of allylic oxidation sites excluding steroid dienone is 1. The Bertz CT molecular complexity index is 869. The molecule has 2 atom stereocenters. The van der Waals surface area contributed by atoms with E-state index in [0.717, 1.165) is 45.9 Å². The lowest BCUT2D eigenvalue weighted by Gasteiger charge is -2.36. The Hall–Kier alpha value is -1.52. The highest BCUT2D eigenvalue weighted by molar-refractivity contribution is 6.36. The summed E-state index contributed by atoms with van der Waals surface area (Å²) >= 11 is 6.42. The van der Waals surface area contributed by atoms with Crippen molar-refractivity contribution < 1.29 is 13.2 Å². The molecule has 2 aliphatic carbocycles.